The lowest BCUT2D eigenvalue weighted by molar-refractivity contribution is -0.134. The molecule has 2 rings (SSSR count). The van der Waals surface area contributed by atoms with Crippen molar-refractivity contribution in [1.82, 2.24) is 15.1 Å². The molecule has 0 atom stereocenters. The van der Waals surface area contributed by atoms with Crippen molar-refractivity contribution in [2.75, 3.05) is 19.7 Å². The Balaban J connectivity index is 1.91. The molecule has 104 valence electrons. The predicted molar refractivity (Wildman–Crippen MR) is 66.2 cm³/mol. The smallest absolute Gasteiger partial charge is 0.354 e. The maximum Gasteiger partial charge on any atom is 0.354 e. The first kappa shape index (κ1) is 13.4. The third kappa shape index (κ3) is 3.04. The van der Waals surface area contributed by atoms with Crippen molar-refractivity contribution < 1.29 is 19.4 Å². The minimum Gasteiger partial charge on any atom is -0.477 e. The van der Waals surface area contributed by atoms with E-state index >= 15 is 0 Å². The van der Waals surface area contributed by atoms with Crippen molar-refractivity contribution in [3.8, 4) is 5.88 Å². The van der Waals surface area contributed by atoms with Crippen molar-refractivity contribution in [1.29, 1.82) is 0 Å². The fourth-order valence-corrected chi connectivity index (χ4v) is 2.09. The molecule has 1 aliphatic rings. The minimum atomic E-state index is -1.10. The Morgan fingerprint density at radius 3 is 2.63 bits per heavy atom. The van der Waals surface area contributed by atoms with Gasteiger partial charge in [0, 0.05) is 18.7 Å². The summed E-state index contributed by atoms with van der Waals surface area (Å²) in [5.74, 6) is -1.01. The lowest BCUT2D eigenvalue weighted by atomic mass is 10.1. The summed E-state index contributed by atoms with van der Waals surface area (Å²) in [6, 6.07) is 0. The van der Waals surface area contributed by atoms with Crippen LogP contribution in [0.2, 0.25) is 0 Å². The van der Waals surface area contributed by atoms with Crippen LogP contribution in [-0.4, -0.2) is 51.8 Å². The zero-order valence-corrected chi connectivity index (χ0v) is 10.8. The fourth-order valence-electron chi connectivity index (χ4n) is 2.09. The predicted octanol–water partition coefficient (Wildman–Crippen LogP) is 0.808. The van der Waals surface area contributed by atoms with Gasteiger partial charge in [-0.05, 0) is 26.2 Å². The maximum atomic E-state index is 11.9. The molecule has 1 saturated heterocycles. The first-order valence-electron chi connectivity index (χ1n) is 6.28. The number of carboxylic acids is 1. The fraction of sp³-hybridized carbons (Fsp3) is 0.583. The van der Waals surface area contributed by atoms with Gasteiger partial charge in [-0.25, -0.2) is 4.79 Å². The molecular formula is C12H17N3O4. The summed E-state index contributed by atoms with van der Waals surface area (Å²) in [7, 11) is 0. The molecular weight excluding hydrogens is 250 g/mol. The molecule has 0 aliphatic carbocycles. The number of amides is 1. The average Bonchev–Trinajstić information content (AvgIpc) is 2.78. The number of likely N-dealkylation sites (tertiary alicyclic amines) is 1. The highest BCUT2D eigenvalue weighted by atomic mass is 16.5. The summed E-state index contributed by atoms with van der Waals surface area (Å²) in [4.78, 5) is 24.5. The van der Waals surface area contributed by atoms with Crippen molar-refractivity contribution in [2.45, 2.75) is 26.2 Å². The van der Waals surface area contributed by atoms with E-state index in [0.717, 1.165) is 32.4 Å². The molecule has 19 heavy (non-hydrogen) atoms. The molecule has 0 aromatic carbocycles. The highest BCUT2D eigenvalue weighted by Gasteiger charge is 2.19. The van der Waals surface area contributed by atoms with Crippen LogP contribution < -0.4 is 4.74 Å². The second kappa shape index (κ2) is 5.73. The Hall–Kier alpha value is -2.05. The van der Waals surface area contributed by atoms with E-state index in [1.807, 2.05) is 0 Å². The van der Waals surface area contributed by atoms with Gasteiger partial charge in [0.15, 0.2) is 6.61 Å². The zero-order chi connectivity index (χ0) is 13.8. The molecule has 1 fully saturated rings. The molecule has 0 spiro atoms. The number of hydrogen-bond donors (Lipinski definition) is 2. The number of ether oxygens (including phenoxy) is 1. The van der Waals surface area contributed by atoms with E-state index in [1.54, 1.807) is 11.8 Å². The van der Waals surface area contributed by atoms with E-state index in [4.69, 9.17) is 9.84 Å². The molecule has 2 heterocycles. The quantitative estimate of drug-likeness (QED) is 0.841. The first-order chi connectivity index (χ1) is 9.09. The molecule has 1 amide bonds. The molecule has 1 aromatic heterocycles. The van der Waals surface area contributed by atoms with Gasteiger partial charge in [0.2, 0.25) is 5.88 Å². The number of hydrogen-bond acceptors (Lipinski definition) is 4. The molecule has 1 aromatic rings. The van der Waals surface area contributed by atoms with Crippen LogP contribution in [0, 0.1) is 6.92 Å². The third-order valence-electron chi connectivity index (χ3n) is 3.22. The molecule has 0 bridgehead atoms. The molecule has 0 unspecified atom stereocenters. The standard InChI is InChI=1S/C12H17N3O4/c1-8-10(12(17)18)13-14-11(8)19-7-9(16)15-5-3-2-4-6-15/h2-7H2,1H3,(H,13,14)(H,17,18). The van der Waals surface area contributed by atoms with E-state index in [2.05, 4.69) is 10.2 Å². The topological polar surface area (TPSA) is 95.5 Å². The van der Waals surface area contributed by atoms with Crippen molar-refractivity contribution in [2.24, 2.45) is 0 Å². The summed E-state index contributed by atoms with van der Waals surface area (Å²) in [5, 5.41) is 15.0. The number of H-pyrrole nitrogens is 1. The summed E-state index contributed by atoms with van der Waals surface area (Å²) in [6.45, 7) is 3.02. The number of carbonyl (C=O) groups is 2. The second-order valence-electron chi connectivity index (χ2n) is 4.56. The summed E-state index contributed by atoms with van der Waals surface area (Å²) < 4.78 is 5.29. The monoisotopic (exact) mass is 267 g/mol. The van der Waals surface area contributed by atoms with Crippen LogP contribution >= 0.6 is 0 Å². The van der Waals surface area contributed by atoms with E-state index in [9.17, 15) is 9.59 Å². The second-order valence-corrected chi connectivity index (χ2v) is 4.56. The van der Waals surface area contributed by atoms with Crippen molar-refractivity contribution in [3.05, 3.63) is 11.3 Å². The first-order valence-corrected chi connectivity index (χ1v) is 6.28. The number of carboxylic acid groups (broad SMARTS) is 1. The molecule has 2 N–H and O–H groups in total. The molecule has 7 nitrogen and oxygen atoms in total. The Bertz CT molecular complexity index is 477. The van der Waals surface area contributed by atoms with Gasteiger partial charge in [-0.15, -0.1) is 5.10 Å². The number of aromatic amines is 1. The normalized spacial score (nSPS) is 15.3. The lowest BCUT2D eigenvalue weighted by Gasteiger charge is -2.26. The van der Waals surface area contributed by atoms with E-state index in [1.165, 1.54) is 0 Å². The number of aromatic carboxylic acids is 1. The maximum absolute atomic E-state index is 11.9. The molecule has 1 aliphatic heterocycles. The summed E-state index contributed by atoms with van der Waals surface area (Å²) >= 11 is 0. The van der Waals surface area contributed by atoms with Crippen LogP contribution in [0.3, 0.4) is 0 Å². The SMILES string of the molecule is Cc1c(OCC(=O)N2CCCCC2)n[nH]c1C(=O)O. The number of nitrogens with zero attached hydrogens (tertiary/aromatic N) is 2. The van der Waals surface area contributed by atoms with Gasteiger partial charge in [-0.3, -0.25) is 9.89 Å². The van der Waals surface area contributed by atoms with E-state index < -0.39 is 5.97 Å². The van der Waals surface area contributed by atoms with Gasteiger partial charge in [-0.2, -0.15) is 0 Å². The van der Waals surface area contributed by atoms with Crippen LogP contribution in [0.5, 0.6) is 5.88 Å². The number of piperidine rings is 1. The Morgan fingerprint density at radius 1 is 1.37 bits per heavy atom. The number of carbonyl (C=O) groups excluding carboxylic acids is 1. The molecule has 7 heteroatoms. The van der Waals surface area contributed by atoms with Gasteiger partial charge in [0.1, 0.15) is 5.69 Å². The summed E-state index contributed by atoms with van der Waals surface area (Å²) in [6.07, 6.45) is 3.21. The van der Waals surface area contributed by atoms with Gasteiger partial charge in [0.25, 0.3) is 5.91 Å². The van der Waals surface area contributed by atoms with E-state index in [-0.39, 0.29) is 24.1 Å². The van der Waals surface area contributed by atoms with Gasteiger partial charge in [0.05, 0.1) is 0 Å². The average molecular weight is 267 g/mol. The van der Waals surface area contributed by atoms with Crippen molar-refractivity contribution >= 4 is 11.9 Å². The molecule has 0 saturated carbocycles. The van der Waals surface area contributed by atoms with Crippen LogP contribution in [0.25, 0.3) is 0 Å². The van der Waals surface area contributed by atoms with E-state index in [0.29, 0.717) is 5.56 Å². The number of nitrogens with one attached hydrogen (secondary N) is 1. The third-order valence-corrected chi connectivity index (χ3v) is 3.22. The Kier molecular flexibility index (Phi) is 4.03. The van der Waals surface area contributed by atoms with Crippen LogP contribution in [0.1, 0.15) is 35.3 Å². The Labute approximate surface area is 110 Å². The van der Waals surface area contributed by atoms with Crippen LogP contribution in [0.4, 0.5) is 0 Å². The van der Waals surface area contributed by atoms with Crippen LogP contribution in [-0.2, 0) is 4.79 Å². The highest BCUT2D eigenvalue weighted by molar-refractivity contribution is 5.87. The van der Waals surface area contributed by atoms with Gasteiger partial charge < -0.3 is 14.7 Å². The number of rotatable bonds is 4. The van der Waals surface area contributed by atoms with Crippen LogP contribution in [0.15, 0.2) is 0 Å². The summed E-state index contributed by atoms with van der Waals surface area (Å²) in [5.41, 5.74) is 0.388. The van der Waals surface area contributed by atoms with Gasteiger partial charge in [-0.1, -0.05) is 0 Å². The highest BCUT2D eigenvalue weighted by Crippen LogP contribution is 2.17. The Morgan fingerprint density at radius 2 is 2.05 bits per heavy atom. The lowest BCUT2D eigenvalue weighted by Crippen LogP contribution is -2.38. The zero-order valence-electron chi connectivity index (χ0n) is 10.8. The number of aromatic nitrogens is 2. The largest absolute Gasteiger partial charge is 0.477 e. The van der Waals surface area contributed by atoms with Gasteiger partial charge >= 0.3 is 5.97 Å². The molecule has 0 radical (unpaired) electrons. The van der Waals surface area contributed by atoms with Crippen molar-refractivity contribution in [3.63, 3.8) is 0 Å². The minimum absolute atomic E-state index is 0.0135.